The minimum Gasteiger partial charge on any atom is -0.313 e. The predicted octanol–water partition coefficient (Wildman–Crippen LogP) is 1.60. The van der Waals surface area contributed by atoms with Gasteiger partial charge in [-0.2, -0.15) is 11.8 Å². The third-order valence-corrected chi connectivity index (χ3v) is 4.41. The zero-order valence-corrected chi connectivity index (χ0v) is 10.2. The Hall–Kier alpha value is -0.550. The minimum absolute atomic E-state index is 0.686. The molecule has 0 unspecified atom stereocenters. The molecule has 3 rings (SSSR count). The van der Waals surface area contributed by atoms with Gasteiger partial charge in [0.1, 0.15) is 12.2 Å². The number of aromatic nitrogens is 3. The van der Waals surface area contributed by atoms with Gasteiger partial charge in [0.25, 0.3) is 0 Å². The second-order valence-corrected chi connectivity index (χ2v) is 5.88. The van der Waals surface area contributed by atoms with Crippen LogP contribution in [0.5, 0.6) is 0 Å². The van der Waals surface area contributed by atoms with Gasteiger partial charge in [0, 0.05) is 12.1 Å². The quantitative estimate of drug-likeness (QED) is 0.865. The summed E-state index contributed by atoms with van der Waals surface area (Å²) in [5, 5.41) is 11.8. The van der Waals surface area contributed by atoms with Gasteiger partial charge in [0.2, 0.25) is 0 Å². The molecule has 1 aliphatic carbocycles. The fourth-order valence-electron chi connectivity index (χ4n) is 2.19. The average Bonchev–Trinajstić information content (AvgIpc) is 3.07. The van der Waals surface area contributed by atoms with Gasteiger partial charge in [-0.05, 0) is 37.2 Å². The maximum atomic E-state index is 4.21. The van der Waals surface area contributed by atoms with Crippen LogP contribution in [0.25, 0.3) is 0 Å². The van der Waals surface area contributed by atoms with Crippen LogP contribution in [0.3, 0.4) is 0 Å². The number of nitrogens with one attached hydrogen (secondary N) is 1. The monoisotopic (exact) mass is 238 g/mol. The van der Waals surface area contributed by atoms with Crippen LogP contribution in [-0.2, 0) is 6.54 Å². The van der Waals surface area contributed by atoms with Crippen LogP contribution in [0.15, 0.2) is 6.33 Å². The summed E-state index contributed by atoms with van der Waals surface area (Å²) >= 11 is 2.07. The van der Waals surface area contributed by atoms with Gasteiger partial charge in [-0.15, -0.1) is 10.2 Å². The molecule has 1 N–H and O–H groups in total. The third-order valence-electron chi connectivity index (χ3n) is 3.36. The summed E-state index contributed by atoms with van der Waals surface area (Å²) in [6, 6.07) is 1.37. The first-order chi connectivity index (χ1) is 7.93. The Kier molecular flexibility index (Phi) is 3.15. The number of thioether (sulfide) groups is 1. The number of rotatable bonds is 4. The summed E-state index contributed by atoms with van der Waals surface area (Å²) < 4.78 is 2.24. The topological polar surface area (TPSA) is 42.7 Å². The standard InChI is InChI=1S/C11H18N4S/c1-2-10(1)15-8-13-14-11(15)7-12-9-3-5-16-6-4-9/h8-10,12H,1-7H2. The van der Waals surface area contributed by atoms with Crippen molar-refractivity contribution in [3.8, 4) is 0 Å². The van der Waals surface area contributed by atoms with E-state index in [-0.39, 0.29) is 0 Å². The molecule has 16 heavy (non-hydrogen) atoms. The maximum absolute atomic E-state index is 4.21. The lowest BCUT2D eigenvalue weighted by Gasteiger charge is -2.22. The summed E-state index contributed by atoms with van der Waals surface area (Å²) in [4.78, 5) is 0. The SMILES string of the molecule is c1nnc(CNC2CCSCC2)n1C1CC1. The van der Waals surface area contributed by atoms with Crippen molar-refractivity contribution >= 4 is 11.8 Å². The van der Waals surface area contributed by atoms with Crippen molar-refractivity contribution in [1.82, 2.24) is 20.1 Å². The number of hydrogen-bond acceptors (Lipinski definition) is 4. The van der Waals surface area contributed by atoms with E-state index in [0.717, 1.165) is 12.4 Å². The van der Waals surface area contributed by atoms with Gasteiger partial charge in [0.15, 0.2) is 0 Å². The van der Waals surface area contributed by atoms with Gasteiger partial charge in [-0.3, -0.25) is 0 Å². The fraction of sp³-hybridized carbons (Fsp3) is 0.818. The van der Waals surface area contributed by atoms with E-state index in [0.29, 0.717) is 12.1 Å². The molecule has 1 aliphatic heterocycles. The van der Waals surface area contributed by atoms with Gasteiger partial charge in [0.05, 0.1) is 6.54 Å². The zero-order chi connectivity index (χ0) is 10.8. The second kappa shape index (κ2) is 4.75. The van der Waals surface area contributed by atoms with Crippen LogP contribution in [0, 0.1) is 0 Å². The minimum atomic E-state index is 0.686. The van der Waals surface area contributed by atoms with E-state index >= 15 is 0 Å². The van der Waals surface area contributed by atoms with Crippen molar-refractivity contribution in [2.24, 2.45) is 0 Å². The smallest absolute Gasteiger partial charge is 0.147 e. The van der Waals surface area contributed by atoms with E-state index in [4.69, 9.17) is 0 Å². The molecule has 0 atom stereocenters. The van der Waals surface area contributed by atoms with Gasteiger partial charge < -0.3 is 9.88 Å². The van der Waals surface area contributed by atoms with Crippen molar-refractivity contribution in [2.75, 3.05) is 11.5 Å². The van der Waals surface area contributed by atoms with Gasteiger partial charge in [-0.25, -0.2) is 0 Å². The number of hydrogen-bond donors (Lipinski definition) is 1. The molecule has 5 heteroatoms. The van der Waals surface area contributed by atoms with E-state index in [9.17, 15) is 0 Å². The van der Waals surface area contributed by atoms with Crippen molar-refractivity contribution in [1.29, 1.82) is 0 Å². The first-order valence-corrected chi connectivity index (χ1v) is 7.28. The zero-order valence-electron chi connectivity index (χ0n) is 9.43. The molecule has 0 radical (unpaired) electrons. The Morgan fingerprint density at radius 3 is 2.88 bits per heavy atom. The lowest BCUT2D eigenvalue weighted by atomic mass is 10.1. The first-order valence-electron chi connectivity index (χ1n) is 6.13. The molecule has 0 amide bonds. The molecule has 2 heterocycles. The molecular weight excluding hydrogens is 220 g/mol. The Balaban J connectivity index is 1.54. The average molecular weight is 238 g/mol. The molecule has 0 spiro atoms. The van der Waals surface area contributed by atoms with Crippen molar-refractivity contribution < 1.29 is 0 Å². The van der Waals surface area contributed by atoms with Crippen molar-refractivity contribution in [3.05, 3.63) is 12.2 Å². The van der Waals surface area contributed by atoms with Crippen LogP contribution >= 0.6 is 11.8 Å². The van der Waals surface area contributed by atoms with Crippen LogP contribution in [0.4, 0.5) is 0 Å². The molecule has 0 aromatic carbocycles. The third kappa shape index (κ3) is 2.40. The van der Waals surface area contributed by atoms with Gasteiger partial charge >= 0.3 is 0 Å². The molecule has 1 aromatic heterocycles. The molecule has 0 bridgehead atoms. The molecule has 1 aromatic rings. The Morgan fingerprint density at radius 1 is 1.31 bits per heavy atom. The van der Waals surface area contributed by atoms with E-state index in [1.54, 1.807) is 0 Å². The Morgan fingerprint density at radius 2 is 2.12 bits per heavy atom. The van der Waals surface area contributed by atoms with Crippen LogP contribution < -0.4 is 5.32 Å². The van der Waals surface area contributed by atoms with E-state index in [1.807, 2.05) is 6.33 Å². The predicted molar refractivity (Wildman–Crippen MR) is 65.5 cm³/mol. The molecule has 88 valence electrons. The van der Waals surface area contributed by atoms with Crippen LogP contribution in [0.2, 0.25) is 0 Å². The summed E-state index contributed by atoms with van der Waals surface area (Å²) in [7, 11) is 0. The summed E-state index contributed by atoms with van der Waals surface area (Å²) in [6.45, 7) is 0.881. The van der Waals surface area contributed by atoms with Crippen LogP contribution in [0.1, 0.15) is 37.5 Å². The Bertz CT molecular complexity index is 342. The lowest BCUT2D eigenvalue weighted by Crippen LogP contribution is -2.32. The summed E-state index contributed by atoms with van der Waals surface area (Å²) in [6.07, 6.45) is 7.06. The fourth-order valence-corrected chi connectivity index (χ4v) is 3.29. The summed E-state index contributed by atoms with van der Waals surface area (Å²) in [5.41, 5.74) is 0. The normalized spacial score (nSPS) is 22.5. The molecule has 1 saturated heterocycles. The largest absolute Gasteiger partial charge is 0.313 e. The molecule has 2 fully saturated rings. The Labute approximate surface area is 100 Å². The van der Waals surface area contributed by atoms with Gasteiger partial charge in [-0.1, -0.05) is 0 Å². The summed E-state index contributed by atoms with van der Waals surface area (Å²) in [5.74, 6) is 3.71. The second-order valence-electron chi connectivity index (χ2n) is 4.65. The van der Waals surface area contributed by atoms with E-state index in [2.05, 4.69) is 31.8 Å². The maximum Gasteiger partial charge on any atom is 0.147 e. The highest BCUT2D eigenvalue weighted by molar-refractivity contribution is 7.99. The number of nitrogens with zero attached hydrogens (tertiary/aromatic N) is 3. The highest BCUT2D eigenvalue weighted by Gasteiger charge is 2.26. The van der Waals surface area contributed by atoms with E-state index in [1.165, 1.54) is 37.2 Å². The highest BCUT2D eigenvalue weighted by atomic mass is 32.2. The molecule has 4 nitrogen and oxygen atoms in total. The molecular formula is C11H18N4S. The molecule has 1 saturated carbocycles. The highest BCUT2D eigenvalue weighted by Crippen LogP contribution is 2.35. The van der Waals surface area contributed by atoms with Crippen molar-refractivity contribution in [2.45, 2.75) is 44.3 Å². The lowest BCUT2D eigenvalue weighted by molar-refractivity contribution is 0.465. The van der Waals surface area contributed by atoms with E-state index < -0.39 is 0 Å². The van der Waals surface area contributed by atoms with Crippen molar-refractivity contribution in [3.63, 3.8) is 0 Å². The molecule has 2 aliphatic rings. The van der Waals surface area contributed by atoms with Crippen LogP contribution in [-0.4, -0.2) is 32.3 Å². The first kappa shape index (κ1) is 10.6.